The van der Waals surface area contributed by atoms with Crippen LogP contribution in [-0.4, -0.2) is 53.0 Å². The third-order valence-corrected chi connectivity index (χ3v) is 5.25. The molecule has 2 saturated carbocycles. The highest BCUT2D eigenvalue weighted by molar-refractivity contribution is 5.94. The summed E-state index contributed by atoms with van der Waals surface area (Å²) in [6, 6.07) is 7.51. The van der Waals surface area contributed by atoms with E-state index in [1.807, 2.05) is 12.1 Å². The van der Waals surface area contributed by atoms with Crippen LogP contribution in [0.3, 0.4) is 0 Å². The largest absolute Gasteiger partial charge is 0.480 e. The number of hydrogen-bond acceptors (Lipinski definition) is 4. The van der Waals surface area contributed by atoms with Crippen molar-refractivity contribution in [3.63, 3.8) is 0 Å². The van der Waals surface area contributed by atoms with E-state index in [1.165, 1.54) is 19.8 Å². The summed E-state index contributed by atoms with van der Waals surface area (Å²) < 4.78 is 0. The zero-order chi connectivity index (χ0) is 19.4. The summed E-state index contributed by atoms with van der Waals surface area (Å²) in [6.45, 7) is 2.85. The van der Waals surface area contributed by atoms with Crippen molar-refractivity contribution in [2.75, 3.05) is 13.1 Å². The molecular weight excluding hydrogens is 346 g/mol. The third kappa shape index (κ3) is 5.79. The minimum atomic E-state index is -0.789. The van der Waals surface area contributed by atoms with Crippen LogP contribution in [0.5, 0.6) is 0 Å². The molecule has 2 fully saturated rings. The van der Waals surface area contributed by atoms with Gasteiger partial charge in [0.2, 0.25) is 5.91 Å². The second kappa shape index (κ2) is 8.52. The Balaban J connectivity index is 1.45. The summed E-state index contributed by atoms with van der Waals surface area (Å²) in [5.74, 6) is -0.344. The Bertz CT molecular complexity index is 694. The number of rotatable bonds is 9. The van der Waals surface area contributed by atoms with Gasteiger partial charge in [-0.15, -0.1) is 0 Å². The van der Waals surface area contributed by atoms with Gasteiger partial charge < -0.3 is 15.7 Å². The first-order valence-electron chi connectivity index (χ1n) is 9.51. The Labute approximate surface area is 159 Å². The number of aliphatic carboxylic acids is 1. The van der Waals surface area contributed by atoms with Crippen molar-refractivity contribution >= 4 is 17.8 Å². The van der Waals surface area contributed by atoms with Crippen molar-refractivity contribution in [2.45, 2.75) is 51.2 Å². The van der Waals surface area contributed by atoms with Gasteiger partial charge in [0, 0.05) is 37.7 Å². The molecule has 2 aliphatic carbocycles. The number of amides is 2. The maximum atomic E-state index is 12.4. The van der Waals surface area contributed by atoms with Gasteiger partial charge in [-0.2, -0.15) is 0 Å². The molecule has 146 valence electrons. The fraction of sp³-hybridized carbons (Fsp3) is 0.550. The second-order valence-electron chi connectivity index (χ2n) is 7.67. The molecule has 0 radical (unpaired) electrons. The van der Waals surface area contributed by atoms with Gasteiger partial charge in [-0.1, -0.05) is 12.1 Å². The summed E-state index contributed by atoms with van der Waals surface area (Å²) >= 11 is 0. The smallest absolute Gasteiger partial charge is 0.317 e. The average molecular weight is 373 g/mol. The van der Waals surface area contributed by atoms with E-state index in [0.29, 0.717) is 18.0 Å². The molecule has 0 bridgehead atoms. The molecule has 3 N–H and O–H groups in total. The molecule has 3 rings (SSSR count). The molecular formula is C20H27N3O4. The predicted octanol–water partition coefficient (Wildman–Crippen LogP) is 1.38. The molecule has 0 aromatic heterocycles. The van der Waals surface area contributed by atoms with Gasteiger partial charge in [-0.3, -0.25) is 19.3 Å². The number of carbonyl (C=O) groups excluding carboxylic acids is 2. The summed E-state index contributed by atoms with van der Waals surface area (Å²) in [4.78, 5) is 36.4. The number of carboxylic acid groups (broad SMARTS) is 1. The van der Waals surface area contributed by atoms with Crippen molar-refractivity contribution in [1.29, 1.82) is 0 Å². The topological polar surface area (TPSA) is 98.7 Å². The number of nitrogens with one attached hydrogen (secondary N) is 2. The van der Waals surface area contributed by atoms with Gasteiger partial charge in [0.05, 0.1) is 6.54 Å². The van der Waals surface area contributed by atoms with E-state index in [1.54, 1.807) is 12.1 Å². The maximum absolute atomic E-state index is 12.4. The maximum Gasteiger partial charge on any atom is 0.317 e. The van der Waals surface area contributed by atoms with Crippen molar-refractivity contribution in [3.8, 4) is 0 Å². The van der Waals surface area contributed by atoms with Crippen molar-refractivity contribution in [1.82, 2.24) is 15.5 Å². The van der Waals surface area contributed by atoms with Crippen LogP contribution in [0, 0.1) is 5.92 Å². The van der Waals surface area contributed by atoms with Gasteiger partial charge in [0.15, 0.2) is 0 Å². The van der Waals surface area contributed by atoms with E-state index in [2.05, 4.69) is 15.5 Å². The minimum absolute atomic E-state index is 0.0809. The van der Waals surface area contributed by atoms with E-state index in [0.717, 1.165) is 24.9 Å². The van der Waals surface area contributed by atoms with Crippen LogP contribution in [0.25, 0.3) is 0 Å². The Morgan fingerprint density at radius 1 is 1.15 bits per heavy atom. The van der Waals surface area contributed by atoms with Gasteiger partial charge in [-0.05, 0) is 49.3 Å². The molecule has 0 unspecified atom stereocenters. The van der Waals surface area contributed by atoms with Crippen LogP contribution < -0.4 is 10.6 Å². The van der Waals surface area contributed by atoms with Crippen LogP contribution in [-0.2, 0) is 16.1 Å². The van der Waals surface area contributed by atoms with Gasteiger partial charge >= 0.3 is 5.97 Å². The number of benzene rings is 1. The molecule has 2 amide bonds. The SMILES string of the molecule is CC(=O)NCc1ccc(C(=O)NC2CC(N(CC(=O)O)CC3CC3)C2)cc1. The molecule has 1 aromatic rings. The average Bonchev–Trinajstić information content (AvgIpc) is 3.39. The number of hydrogen-bond donors (Lipinski definition) is 3. The van der Waals surface area contributed by atoms with E-state index in [9.17, 15) is 14.4 Å². The Kier molecular flexibility index (Phi) is 6.11. The van der Waals surface area contributed by atoms with Crippen molar-refractivity contribution in [2.24, 2.45) is 5.92 Å². The molecule has 0 saturated heterocycles. The molecule has 2 aliphatic rings. The highest BCUT2D eigenvalue weighted by Gasteiger charge is 2.37. The lowest BCUT2D eigenvalue weighted by molar-refractivity contribution is -0.139. The van der Waals surface area contributed by atoms with Crippen LogP contribution >= 0.6 is 0 Å². The lowest BCUT2D eigenvalue weighted by atomic mass is 9.85. The summed E-state index contributed by atoms with van der Waals surface area (Å²) in [6.07, 6.45) is 3.99. The monoisotopic (exact) mass is 373 g/mol. The van der Waals surface area contributed by atoms with E-state index >= 15 is 0 Å². The van der Waals surface area contributed by atoms with E-state index in [4.69, 9.17) is 5.11 Å². The number of carboxylic acids is 1. The van der Waals surface area contributed by atoms with Crippen LogP contribution in [0.1, 0.15) is 48.5 Å². The second-order valence-corrected chi connectivity index (χ2v) is 7.67. The number of nitrogens with zero attached hydrogens (tertiary/aromatic N) is 1. The molecule has 0 aliphatic heterocycles. The summed E-state index contributed by atoms with van der Waals surface area (Å²) in [5, 5.41) is 14.9. The van der Waals surface area contributed by atoms with Crippen LogP contribution in [0.4, 0.5) is 0 Å². The first kappa shape index (κ1) is 19.4. The van der Waals surface area contributed by atoms with Crippen LogP contribution in [0.15, 0.2) is 24.3 Å². The third-order valence-electron chi connectivity index (χ3n) is 5.25. The van der Waals surface area contributed by atoms with Gasteiger partial charge in [-0.25, -0.2) is 0 Å². The molecule has 1 aromatic carbocycles. The quantitative estimate of drug-likeness (QED) is 0.607. The lowest BCUT2D eigenvalue weighted by Gasteiger charge is -2.42. The molecule has 0 spiro atoms. The molecule has 7 nitrogen and oxygen atoms in total. The molecule has 0 heterocycles. The Morgan fingerprint density at radius 3 is 2.37 bits per heavy atom. The van der Waals surface area contributed by atoms with Gasteiger partial charge in [0.25, 0.3) is 5.91 Å². The highest BCUT2D eigenvalue weighted by atomic mass is 16.4. The Hall–Kier alpha value is -2.41. The van der Waals surface area contributed by atoms with E-state index in [-0.39, 0.29) is 30.4 Å². The first-order chi connectivity index (χ1) is 12.9. The minimum Gasteiger partial charge on any atom is -0.480 e. The summed E-state index contributed by atoms with van der Waals surface area (Å²) in [7, 11) is 0. The van der Waals surface area contributed by atoms with Crippen molar-refractivity contribution < 1.29 is 19.5 Å². The molecule has 0 atom stereocenters. The lowest BCUT2D eigenvalue weighted by Crippen LogP contribution is -2.55. The zero-order valence-electron chi connectivity index (χ0n) is 15.6. The fourth-order valence-electron chi connectivity index (χ4n) is 3.42. The van der Waals surface area contributed by atoms with E-state index < -0.39 is 5.97 Å². The number of carbonyl (C=O) groups is 3. The Morgan fingerprint density at radius 2 is 1.81 bits per heavy atom. The molecule has 27 heavy (non-hydrogen) atoms. The zero-order valence-corrected chi connectivity index (χ0v) is 15.6. The fourth-order valence-corrected chi connectivity index (χ4v) is 3.42. The first-order valence-corrected chi connectivity index (χ1v) is 9.51. The van der Waals surface area contributed by atoms with Crippen LogP contribution in [0.2, 0.25) is 0 Å². The molecule has 7 heteroatoms. The summed E-state index contributed by atoms with van der Waals surface area (Å²) in [5.41, 5.74) is 1.53. The van der Waals surface area contributed by atoms with Crippen molar-refractivity contribution in [3.05, 3.63) is 35.4 Å². The highest BCUT2D eigenvalue weighted by Crippen LogP contribution is 2.33. The normalized spacial score (nSPS) is 21.4. The van der Waals surface area contributed by atoms with Gasteiger partial charge in [0.1, 0.15) is 0 Å². The standard InChI is InChI=1S/C20H27N3O4/c1-13(24)21-10-14-4-6-16(7-5-14)20(27)22-17-8-18(9-17)23(12-19(25)26)11-15-2-3-15/h4-7,15,17-18H,2-3,8-12H2,1H3,(H,21,24)(H,22,27)(H,25,26). The predicted molar refractivity (Wildman–Crippen MR) is 100 cm³/mol.